The minimum Gasteiger partial charge on any atom is -0.338 e. The van der Waals surface area contributed by atoms with Gasteiger partial charge in [-0.05, 0) is 37.5 Å². The Morgan fingerprint density at radius 1 is 1.19 bits per heavy atom. The lowest BCUT2D eigenvalue weighted by Gasteiger charge is -2.23. The fourth-order valence-electron chi connectivity index (χ4n) is 2.57. The predicted octanol–water partition coefficient (Wildman–Crippen LogP) is 2.66. The van der Waals surface area contributed by atoms with Gasteiger partial charge >= 0.3 is 6.03 Å². The summed E-state index contributed by atoms with van der Waals surface area (Å²) in [6, 6.07) is 0.462. The number of rotatable bonds is 4. The van der Waals surface area contributed by atoms with E-state index in [0.717, 1.165) is 25.3 Å². The molecule has 2 N–H and O–H groups in total. The molecule has 2 amide bonds. The van der Waals surface area contributed by atoms with E-state index in [-0.39, 0.29) is 6.03 Å². The first-order valence-corrected chi connectivity index (χ1v) is 6.80. The molecule has 0 aromatic rings. The van der Waals surface area contributed by atoms with Crippen LogP contribution in [0.4, 0.5) is 4.79 Å². The summed E-state index contributed by atoms with van der Waals surface area (Å²) >= 11 is 0. The molecule has 2 rings (SSSR count). The Balaban J connectivity index is 1.59. The third-order valence-corrected chi connectivity index (χ3v) is 3.95. The summed E-state index contributed by atoms with van der Waals surface area (Å²) < 4.78 is 0. The molecule has 16 heavy (non-hydrogen) atoms. The van der Waals surface area contributed by atoms with Crippen molar-refractivity contribution in [1.82, 2.24) is 10.6 Å². The van der Waals surface area contributed by atoms with Crippen LogP contribution in [0.2, 0.25) is 0 Å². The number of amides is 2. The molecular weight excluding hydrogens is 200 g/mol. The van der Waals surface area contributed by atoms with Crippen LogP contribution in [0.25, 0.3) is 0 Å². The van der Waals surface area contributed by atoms with Crippen LogP contribution in [-0.4, -0.2) is 18.6 Å². The summed E-state index contributed by atoms with van der Waals surface area (Å²) in [6.45, 7) is 3.07. The van der Waals surface area contributed by atoms with E-state index in [4.69, 9.17) is 0 Å². The van der Waals surface area contributed by atoms with Crippen LogP contribution >= 0.6 is 0 Å². The van der Waals surface area contributed by atoms with Gasteiger partial charge in [-0.15, -0.1) is 0 Å². The van der Waals surface area contributed by atoms with Crippen molar-refractivity contribution in [3.8, 4) is 0 Å². The van der Waals surface area contributed by atoms with E-state index in [1.54, 1.807) is 0 Å². The molecular formula is C13H24N2O. The second-order valence-corrected chi connectivity index (χ2v) is 5.50. The molecule has 0 aromatic carbocycles. The average molecular weight is 224 g/mol. The molecule has 2 aliphatic rings. The third-order valence-electron chi connectivity index (χ3n) is 3.95. The fourth-order valence-corrected chi connectivity index (χ4v) is 2.57. The summed E-state index contributed by atoms with van der Waals surface area (Å²) in [5.41, 5.74) is 0. The first-order valence-electron chi connectivity index (χ1n) is 6.80. The van der Waals surface area contributed by atoms with Gasteiger partial charge in [0.2, 0.25) is 0 Å². The summed E-state index contributed by atoms with van der Waals surface area (Å²) in [5.74, 6) is 1.52. The molecule has 3 nitrogen and oxygen atoms in total. The van der Waals surface area contributed by atoms with Crippen molar-refractivity contribution in [3.63, 3.8) is 0 Å². The highest BCUT2D eigenvalue weighted by atomic mass is 16.2. The van der Waals surface area contributed by atoms with Crippen molar-refractivity contribution in [1.29, 1.82) is 0 Å². The maximum Gasteiger partial charge on any atom is 0.315 e. The van der Waals surface area contributed by atoms with Gasteiger partial charge in [-0.3, -0.25) is 0 Å². The van der Waals surface area contributed by atoms with Gasteiger partial charge < -0.3 is 10.6 Å². The van der Waals surface area contributed by atoms with Crippen molar-refractivity contribution in [2.24, 2.45) is 11.8 Å². The lowest BCUT2D eigenvalue weighted by atomic mass is 9.96. The molecule has 0 aromatic heterocycles. The maximum atomic E-state index is 11.6. The van der Waals surface area contributed by atoms with Crippen LogP contribution in [0, 0.1) is 11.8 Å². The Morgan fingerprint density at radius 2 is 1.88 bits per heavy atom. The minimum atomic E-state index is 0.0411. The Hall–Kier alpha value is -0.730. The molecule has 2 saturated carbocycles. The molecule has 1 unspecified atom stereocenters. The number of hydrogen-bond acceptors (Lipinski definition) is 1. The Labute approximate surface area is 98.4 Å². The van der Waals surface area contributed by atoms with Crippen LogP contribution in [-0.2, 0) is 0 Å². The summed E-state index contributed by atoms with van der Waals surface area (Å²) in [6.07, 6.45) is 8.89. The average Bonchev–Trinajstić information content (AvgIpc) is 3.11. The molecule has 1 atom stereocenters. The van der Waals surface area contributed by atoms with Crippen LogP contribution in [0.15, 0.2) is 0 Å². The number of carbonyl (C=O) groups is 1. The molecule has 0 saturated heterocycles. The van der Waals surface area contributed by atoms with Crippen LogP contribution in [0.3, 0.4) is 0 Å². The molecule has 92 valence electrons. The Bertz CT molecular complexity index is 232. The highest BCUT2D eigenvalue weighted by Crippen LogP contribution is 2.36. The van der Waals surface area contributed by atoms with E-state index in [9.17, 15) is 4.79 Å². The minimum absolute atomic E-state index is 0.0411. The van der Waals surface area contributed by atoms with E-state index in [1.807, 2.05) is 0 Å². The molecule has 0 radical (unpaired) electrons. The molecule has 3 heteroatoms. The summed E-state index contributed by atoms with van der Waals surface area (Å²) in [7, 11) is 0. The summed E-state index contributed by atoms with van der Waals surface area (Å²) in [4.78, 5) is 11.6. The SMILES string of the molecule is CC(CNC(=O)NC1CCCCC1)C1CC1. The lowest BCUT2D eigenvalue weighted by molar-refractivity contribution is 0.230. The van der Waals surface area contributed by atoms with Crippen molar-refractivity contribution in [2.45, 2.75) is 57.9 Å². The number of urea groups is 1. The van der Waals surface area contributed by atoms with Gasteiger partial charge in [-0.1, -0.05) is 26.2 Å². The zero-order chi connectivity index (χ0) is 11.4. The Kier molecular flexibility index (Phi) is 4.08. The van der Waals surface area contributed by atoms with Crippen molar-refractivity contribution in [3.05, 3.63) is 0 Å². The van der Waals surface area contributed by atoms with Gasteiger partial charge in [-0.2, -0.15) is 0 Å². The van der Waals surface area contributed by atoms with Crippen LogP contribution < -0.4 is 10.6 Å². The van der Waals surface area contributed by atoms with E-state index >= 15 is 0 Å². The second-order valence-electron chi connectivity index (χ2n) is 5.50. The quantitative estimate of drug-likeness (QED) is 0.757. The van der Waals surface area contributed by atoms with Gasteiger partial charge in [-0.25, -0.2) is 4.79 Å². The second kappa shape index (κ2) is 5.55. The van der Waals surface area contributed by atoms with Gasteiger partial charge in [0.25, 0.3) is 0 Å². The molecule has 0 aliphatic heterocycles. The number of hydrogen-bond donors (Lipinski definition) is 2. The zero-order valence-corrected chi connectivity index (χ0v) is 10.3. The Morgan fingerprint density at radius 3 is 2.50 bits per heavy atom. The number of nitrogens with one attached hydrogen (secondary N) is 2. The molecule has 0 heterocycles. The van der Waals surface area contributed by atoms with Crippen LogP contribution in [0.1, 0.15) is 51.9 Å². The van der Waals surface area contributed by atoms with Crippen LogP contribution in [0.5, 0.6) is 0 Å². The largest absolute Gasteiger partial charge is 0.338 e. The molecule has 2 fully saturated rings. The zero-order valence-electron chi connectivity index (χ0n) is 10.3. The predicted molar refractivity (Wildman–Crippen MR) is 65.3 cm³/mol. The van der Waals surface area contributed by atoms with Gasteiger partial charge in [0, 0.05) is 12.6 Å². The lowest BCUT2D eigenvalue weighted by Crippen LogP contribution is -2.44. The molecule has 0 bridgehead atoms. The maximum absolute atomic E-state index is 11.6. The van der Waals surface area contributed by atoms with Crippen molar-refractivity contribution < 1.29 is 4.79 Å². The van der Waals surface area contributed by atoms with Gasteiger partial charge in [0.1, 0.15) is 0 Å². The highest BCUT2D eigenvalue weighted by molar-refractivity contribution is 5.74. The first-order chi connectivity index (χ1) is 7.75. The monoisotopic (exact) mass is 224 g/mol. The van der Waals surface area contributed by atoms with E-state index in [0.29, 0.717) is 12.0 Å². The fraction of sp³-hybridized carbons (Fsp3) is 0.923. The van der Waals surface area contributed by atoms with Gasteiger partial charge in [0.15, 0.2) is 0 Å². The summed E-state index contributed by atoms with van der Waals surface area (Å²) in [5, 5.41) is 6.08. The third kappa shape index (κ3) is 3.69. The smallest absolute Gasteiger partial charge is 0.315 e. The molecule has 2 aliphatic carbocycles. The van der Waals surface area contributed by atoms with Gasteiger partial charge in [0.05, 0.1) is 0 Å². The van der Waals surface area contributed by atoms with E-state index in [1.165, 1.54) is 32.1 Å². The van der Waals surface area contributed by atoms with Crippen molar-refractivity contribution >= 4 is 6.03 Å². The topological polar surface area (TPSA) is 41.1 Å². The van der Waals surface area contributed by atoms with E-state index in [2.05, 4.69) is 17.6 Å². The molecule has 0 spiro atoms. The standard InChI is InChI=1S/C13H24N2O/c1-10(11-7-8-11)9-14-13(16)15-12-5-3-2-4-6-12/h10-12H,2-9H2,1H3,(H2,14,15,16). The van der Waals surface area contributed by atoms with E-state index < -0.39 is 0 Å². The normalized spacial score (nSPS) is 23.8. The first kappa shape index (κ1) is 11.7. The number of carbonyl (C=O) groups excluding carboxylic acids is 1. The van der Waals surface area contributed by atoms with Crippen molar-refractivity contribution in [2.75, 3.05) is 6.54 Å². The highest BCUT2D eigenvalue weighted by Gasteiger charge is 2.28.